The molecule has 0 spiro atoms. The molecule has 0 radical (unpaired) electrons. The van der Waals surface area contributed by atoms with Crippen LogP contribution in [0.15, 0.2) is 30.3 Å². The zero-order valence-electron chi connectivity index (χ0n) is 11.7. The van der Waals surface area contributed by atoms with Gasteiger partial charge in [0.15, 0.2) is 0 Å². The number of carbonyl (C=O) groups excluding carboxylic acids is 1. The lowest BCUT2D eigenvalue weighted by Crippen LogP contribution is -2.44. The highest BCUT2D eigenvalue weighted by Gasteiger charge is 2.55. The van der Waals surface area contributed by atoms with Crippen molar-refractivity contribution < 1.29 is 19.4 Å². The number of benzene rings is 1. The lowest BCUT2D eigenvalue weighted by molar-refractivity contribution is -0.147. The second-order valence-electron chi connectivity index (χ2n) is 5.71. The number of fused-ring (bicyclic) bond motifs is 2. The van der Waals surface area contributed by atoms with Gasteiger partial charge in [0.25, 0.3) is 0 Å². The van der Waals surface area contributed by atoms with Gasteiger partial charge in [-0.25, -0.2) is 0 Å². The Hall–Kier alpha value is -1.88. The Kier molecular flexibility index (Phi) is 3.92. The highest BCUT2D eigenvalue weighted by atomic mass is 16.5. The summed E-state index contributed by atoms with van der Waals surface area (Å²) in [5.74, 6) is -2.35. The number of ether oxygens (including phenoxy) is 1. The number of hydrogen-bond donors (Lipinski definition) is 2. The third-order valence-corrected chi connectivity index (χ3v) is 4.42. The standard InChI is InChI=1S/C16H19NO4/c18-15(17-9-8-10-4-2-1-3-5-10)13-11-6-7-12(21-11)14(13)16(19)20/h1-5,11-14H,6-9H2,(H,17,18)(H,19,20). The fourth-order valence-electron chi connectivity index (χ4n) is 3.42. The molecular formula is C16H19NO4. The Balaban J connectivity index is 1.56. The van der Waals surface area contributed by atoms with E-state index >= 15 is 0 Å². The first-order valence-electron chi connectivity index (χ1n) is 7.36. The second kappa shape index (κ2) is 5.85. The van der Waals surface area contributed by atoms with Crippen molar-refractivity contribution in [3.63, 3.8) is 0 Å². The van der Waals surface area contributed by atoms with Crippen LogP contribution < -0.4 is 5.32 Å². The molecule has 2 saturated heterocycles. The normalized spacial score (nSPS) is 30.3. The molecule has 21 heavy (non-hydrogen) atoms. The van der Waals surface area contributed by atoms with Crippen molar-refractivity contribution in [1.82, 2.24) is 5.32 Å². The Morgan fingerprint density at radius 2 is 1.81 bits per heavy atom. The Bertz CT molecular complexity index is 530. The zero-order valence-corrected chi connectivity index (χ0v) is 11.7. The van der Waals surface area contributed by atoms with E-state index < -0.39 is 17.8 Å². The number of carboxylic acid groups (broad SMARTS) is 1. The van der Waals surface area contributed by atoms with Crippen LogP contribution in [0.3, 0.4) is 0 Å². The van der Waals surface area contributed by atoms with Crippen LogP contribution >= 0.6 is 0 Å². The molecule has 5 nitrogen and oxygen atoms in total. The molecule has 0 aliphatic carbocycles. The molecule has 2 N–H and O–H groups in total. The van der Waals surface area contributed by atoms with Crippen molar-refractivity contribution in [3.8, 4) is 0 Å². The van der Waals surface area contributed by atoms with E-state index in [0.717, 1.165) is 24.8 Å². The predicted molar refractivity (Wildman–Crippen MR) is 75.7 cm³/mol. The number of rotatable bonds is 5. The van der Waals surface area contributed by atoms with Gasteiger partial charge in [0.05, 0.1) is 24.0 Å². The fraction of sp³-hybridized carbons (Fsp3) is 0.500. The van der Waals surface area contributed by atoms with Gasteiger partial charge < -0.3 is 15.2 Å². The molecule has 3 rings (SSSR count). The molecule has 112 valence electrons. The predicted octanol–water partition coefficient (Wildman–Crippen LogP) is 1.22. The second-order valence-corrected chi connectivity index (χ2v) is 5.71. The summed E-state index contributed by atoms with van der Waals surface area (Å²) < 4.78 is 5.60. The van der Waals surface area contributed by atoms with Crippen LogP contribution in [-0.4, -0.2) is 35.7 Å². The van der Waals surface area contributed by atoms with Crippen LogP contribution in [0.1, 0.15) is 18.4 Å². The summed E-state index contributed by atoms with van der Waals surface area (Å²) >= 11 is 0. The summed E-state index contributed by atoms with van der Waals surface area (Å²) in [6.45, 7) is 0.517. The van der Waals surface area contributed by atoms with Crippen molar-refractivity contribution in [2.75, 3.05) is 6.54 Å². The highest BCUT2D eigenvalue weighted by molar-refractivity contribution is 5.86. The molecule has 1 amide bonds. The van der Waals surface area contributed by atoms with E-state index in [0.29, 0.717) is 6.54 Å². The van der Waals surface area contributed by atoms with Gasteiger partial charge in [-0.2, -0.15) is 0 Å². The minimum absolute atomic E-state index is 0.189. The molecule has 4 atom stereocenters. The minimum atomic E-state index is -0.926. The van der Waals surface area contributed by atoms with Crippen molar-refractivity contribution in [2.45, 2.75) is 31.5 Å². The Morgan fingerprint density at radius 3 is 2.48 bits per heavy atom. The molecule has 1 aromatic carbocycles. The number of hydrogen-bond acceptors (Lipinski definition) is 3. The van der Waals surface area contributed by atoms with Crippen molar-refractivity contribution in [3.05, 3.63) is 35.9 Å². The van der Waals surface area contributed by atoms with E-state index in [1.807, 2.05) is 30.3 Å². The molecule has 5 heteroatoms. The molecule has 2 heterocycles. The van der Waals surface area contributed by atoms with Crippen LogP contribution in [0.5, 0.6) is 0 Å². The average molecular weight is 289 g/mol. The molecule has 1 aromatic rings. The average Bonchev–Trinajstić information content (AvgIpc) is 3.08. The molecule has 2 aliphatic rings. The van der Waals surface area contributed by atoms with E-state index in [1.54, 1.807) is 0 Å². The number of carboxylic acids is 1. The molecule has 2 bridgehead atoms. The first-order valence-corrected chi connectivity index (χ1v) is 7.36. The van der Waals surface area contributed by atoms with Crippen LogP contribution in [0.2, 0.25) is 0 Å². The molecular weight excluding hydrogens is 270 g/mol. The van der Waals surface area contributed by atoms with E-state index in [9.17, 15) is 14.7 Å². The van der Waals surface area contributed by atoms with Gasteiger partial charge in [0.1, 0.15) is 0 Å². The minimum Gasteiger partial charge on any atom is -0.481 e. The molecule has 2 aliphatic heterocycles. The summed E-state index contributed by atoms with van der Waals surface area (Å²) in [6, 6.07) is 9.88. The third kappa shape index (κ3) is 2.78. The maximum absolute atomic E-state index is 12.3. The Morgan fingerprint density at radius 1 is 1.14 bits per heavy atom. The summed E-state index contributed by atoms with van der Waals surface area (Å²) in [4.78, 5) is 23.6. The zero-order chi connectivity index (χ0) is 14.8. The molecule has 4 unspecified atom stereocenters. The Labute approximate surface area is 123 Å². The van der Waals surface area contributed by atoms with Gasteiger partial charge in [-0.15, -0.1) is 0 Å². The summed E-state index contributed by atoms with van der Waals surface area (Å²) in [5.41, 5.74) is 1.15. The number of amides is 1. The van der Waals surface area contributed by atoms with Crippen LogP contribution in [-0.2, 0) is 20.7 Å². The molecule has 2 fully saturated rings. The maximum Gasteiger partial charge on any atom is 0.310 e. The highest BCUT2D eigenvalue weighted by Crippen LogP contribution is 2.43. The van der Waals surface area contributed by atoms with Crippen molar-refractivity contribution >= 4 is 11.9 Å². The van der Waals surface area contributed by atoms with Crippen LogP contribution in [0, 0.1) is 11.8 Å². The SMILES string of the molecule is O=C(O)C1C2CCC(O2)C1C(=O)NCCc1ccccc1. The lowest BCUT2D eigenvalue weighted by Gasteiger charge is -2.23. The van der Waals surface area contributed by atoms with Gasteiger partial charge >= 0.3 is 5.97 Å². The summed E-state index contributed by atoms with van der Waals surface area (Å²) in [7, 11) is 0. The monoisotopic (exact) mass is 289 g/mol. The van der Waals surface area contributed by atoms with E-state index in [2.05, 4.69) is 5.32 Å². The molecule has 0 aromatic heterocycles. The van der Waals surface area contributed by atoms with E-state index in [-0.39, 0.29) is 18.1 Å². The van der Waals surface area contributed by atoms with Crippen LogP contribution in [0.25, 0.3) is 0 Å². The quantitative estimate of drug-likeness (QED) is 0.854. The third-order valence-electron chi connectivity index (χ3n) is 4.42. The van der Waals surface area contributed by atoms with Gasteiger partial charge in [0.2, 0.25) is 5.91 Å². The van der Waals surface area contributed by atoms with Gasteiger partial charge in [-0.3, -0.25) is 9.59 Å². The van der Waals surface area contributed by atoms with Gasteiger partial charge in [0, 0.05) is 6.54 Å². The van der Waals surface area contributed by atoms with Crippen molar-refractivity contribution in [1.29, 1.82) is 0 Å². The summed E-state index contributed by atoms with van der Waals surface area (Å²) in [5, 5.41) is 12.2. The molecule has 0 saturated carbocycles. The fourth-order valence-corrected chi connectivity index (χ4v) is 3.42. The number of nitrogens with one attached hydrogen (secondary N) is 1. The summed E-state index contributed by atoms with van der Waals surface area (Å²) in [6.07, 6.45) is 1.75. The number of aliphatic carboxylic acids is 1. The topological polar surface area (TPSA) is 75.6 Å². The smallest absolute Gasteiger partial charge is 0.310 e. The lowest BCUT2D eigenvalue weighted by atomic mass is 9.78. The van der Waals surface area contributed by atoms with E-state index in [4.69, 9.17) is 4.74 Å². The maximum atomic E-state index is 12.3. The van der Waals surface area contributed by atoms with Crippen LogP contribution in [0.4, 0.5) is 0 Å². The first kappa shape index (κ1) is 14.1. The van der Waals surface area contributed by atoms with Crippen molar-refractivity contribution in [2.24, 2.45) is 11.8 Å². The van der Waals surface area contributed by atoms with Gasteiger partial charge in [-0.1, -0.05) is 30.3 Å². The van der Waals surface area contributed by atoms with Gasteiger partial charge in [-0.05, 0) is 24.8 Å². The largest absolute Gasteiger partial charge is 0.481 e. The first-order chi connectivity index (χ1) is 10.2. The number of carbonyl (C=O) groups is 2. The van der Waals surface area contributed by atoms with E-state index in [1.165, 1.54) is 0 Å².